The monoisotopic (exact) mass is 643 g/mol. The minimum absolute atomic E-state index is 0.167. The number of carbonyl (C=O) groups excluding carboxylic acids is 3. The van der Waals surface area contributed by atoms with Crippen molar-refractivity contribution in [2.45, 2.75) is 13.8 Å². The lowest BCUT2D eigenvalue weighted by molar-refractivity contribution is -0.375. The third kappa shape index (κ3) is 4.24. The van der Waals surface area contributed by atoms with Crippen LogP contribution in [0.1, 0.15) is 24.2 Å². The minimum atomic E-state index is -1.30. The highest BCUT2D eigenvalue weighted by Gasteiger charge is 2.31. The first-order valence-corrected chi connectivity index (χ1v) is 8.75. The van der Waals surface area contributed by atoms with E-state index in [1.807, 2.05) is 22.6 Å². The van der Waals surface area contributed by atoms with Gasteiger partial charge in [-0.05, 0) is 67.8 Å². The molecule has 0 aliphatic heterocycles. The Balaban J connectivity index is 3.76. The summed E-state index contributed by atoms with van der Waals surface area (Å²) in [5, 5.41) is 15.9. The molecule has 0 aliphatic carbocycles. The fraction of sp³-hybridized carbons (Fsp3) is 0.182. The van der Waals surface area contributed by atoms with E-state index in [1.54, 1.807) is 45.2 Å². The van der Waals surface area contributed by atoms with Gasteiger partial charge in [0.05, 0.1) is 22.1 Å². The molecular formula is C11H8I3N3O5. The van der Waals surface area contributed by atoms with Crippen LogP contribution in [-0.2, 0) is 9.59 Å². The summed E-state index contributed by atoms with van der Waals surface area (Å²) in [4.78, 5) is 44.3. The number of carbonyl (C=O) groups is 3. The van der Waals surface area contributed by atoms with Gasteiger partial charge in [-0.15, -0.1) is 0 Å². The molecule has 0 heterocycles. The molecule has 0 bridgehead atoms. The summed E-state index contributed by atoms with van der Waals surface area (Å²) in [5.74, 6) is -2.10. The maximum absolute atomic E-state index is 11.8. The summed E-state index contributed by atoms with van der Waals surface area (Å²) in [6.07, 6.45) is 0. The van der Waals surface area contributed by atoms with E-state index in [4.69, 9.17) is 0 Å². The van der Waals surface area contributed by atoms with Crippen molar-refractivity contribution in [2.75, 3.05) is 10.6 Å². The molecule has 0 atom stereocenters. The number of hydrogen-bond acceptors (Lipinski definition) is 5. The van der Waals surface area contributed by atoms with Gasteiger partial charge in [0.15, 0.2) is 0 Å². The normalized spacial score (nSPS) is 10.0. The Morgan fingerprint density at radius 2 is 1.27 bits per heavy atom. The Bertz CT molecular complexity index is 662. The van der Waals surface area contributed by atoms with Gasteiger partial charge in [-0.25, -0.2) is 4.79 Å². The maximum Gasteiger partial charge on any atom is 0.478 e. The second-order valence-corrected chi connectivity index (χ2v) is 7.23. The van der Waals surface area contributed by atoms with Crippen molar-refractivity contribution in [1.29, 1.82) is 0 Å². The van der Waals surface area contributed by atoms with Crippen molar-refractivity contribution >= 4 is 96.9 Å². The zero-order valence-electron chi connectivity index (χ0n) is 11.1. The Kier molecular flexibility index (Phi) is 6.90. The number of nitro groups is 1. The van der Waals surface area contributed by atoms with Crippen LogP contribution in [0.5, 0.6) is 0 Å². The molecule has 3 amide bonds. The minimum Gasteiger partial charge on any atom is -0.324 e. The van der Waals surface area contributed by atoms with Crippen LogP contribution in [0, 0.1) is 20.8 Å². The smallest absolute Gasteiger partial charge is 0.324 e. The molecule has 0 radical (unpaired) electrons. The summed E-state index contributed by atoms with van der Waals surface area (Å²) < 4.78 is 0.978. The molecule has 1 aromatic rings. The predicted molar refractivity (Wildman–Crippen MR) is 105 cm³/mol. The number of amides is 3. The van der Waals surface area contributed by atoms with E-state index in [-0.39, 0.29) is 24.1 Å². The summed E-state index contributed by atoms with van der Waals surface area (Å²) >= 11 is 5.42. The van der Waals surface area contributed by atoms with E-state index >= 15 is 0 Å². The summed E-state index contributed by atoms with van der Waals surface area (Å²) in [6.45, 7) is 2.55. The standard InChI is InChI=1S/C11H8I3N3O5/c1-3(18)15-9-6(12)5(11(20)17(21)22)7(13)10(8(9)14)16-4(2)19/h1-2H3,(H,15,18)(H,16,19). The Morgan fingerprint density at radius 3 is 1.55 bits per heavy atom. The number of nitrogens with zero attached hydrogens (tertiary/aromatic N) is 1. The first-order chi connectivity index (χ1) is 10.1. The molecule has 11 heteroatoms. The largest absolute Gasteiger partial charge is 0.478 e. The van der Waals surface area contributed by atoms with Crippen molar-refractivity contribution in [1.82, 2.24) is 0 Å². The summed E-state index contributed by atoms with van der Waals surface area (Å²) in [7, 11) is 0. The highest BCUT2D eigenvalue weighted by molar-refractivity contribution is 14.1. The second kappa shape index (κ2) is 7.80. The summed E-state index contributed by atoms with van der Waals surface area (Å²) in [6, 6.07) is 0. The summed E-state index contributed by atoms with van der Waals surface area (Å²) in [5.41, 5.74) is 0.338. The quantitative estimate of drug-likeness (QED) is 0.299. The van der Waals surface area contributed by atoms with Gasteiger partial charge in [-0.1, -0.05) is 0 Å². The molecule has 0 saturated heterocycles. The van der Waals surface area contributed by atoms with Crippen molar-refractivity contribution in [3.05, 3.63) is 26.4 Å². The van der Waals surface area contributed by atoms with Crippen molar-refractivity contribution in [3.8, 4) is 0 Å². The van der Waals surface area contributed by atoms with E-state index in [1.165, 1.54) is 13.8 Å². The van der Waals surface area contributed by atoms with Crippen LogP contribution < -0.4 is 10.6 Å². The molecule has 0 fully saturated rings. The Hall–Kier alpha value is -0.580. The zero-order chi connectivity index (χ0) is 17.2. The fourth-order valence-corrected chi connectivity index (χ4v) is 5.68. The highest BCUT2D eigenvalue weighted by atomic mass is 127. The van der Waals surface area contributed by atoms with Crippen LogP contribution in [0.4, 0.5) is 11.4 Å². The molecule has 0 saturated carbocycles. The number of rotatable bonds is 3. The molecule has 22 heavy (non-hydrogen) atoms. The van der Waals surface area contributed by atoms with Gasteiger partial charge < -0.3 is 10.6 Å². The molecule has 1 rings (SSSR count). The van der Waals surface area contributed by atoms with Gasteiger partial charge in [-0.3, -0.25) is 19.7 Å². The van der Waals surface area contributed by atoms with Gasteiger partial charge in [-0.2, -0.15) is 0 Å². The number of nitrogens with one attached hydrogen (secondary N) is 2. The lowest BCUT2D eigenvalue weighted by atomic mass is 10.1. The molecule has 0 aromatic heterocycles. The molecule has 0 unspecified atom stereocenters. The molecule has 1 aromatic carbocycles. The number of anilines is 2. The zero-order valence-corrected chi connectivity index (χ0v) is 17.6. The van der Waals surface area contributed by atoms with Gasteiger partial charge in [0.25, 0.3) is 0 Å². The number of halogens is 3. The maximum atomic E-state index is 11.8. The van der Waals surface area contributed by atoms with Crippen LogP contribution in [-0.4, -0.2) is 22.6 Å². The molecule has 8 nitrogen and oxygen atoms in total. The van der Waals surface area contributed by atoms with Crippen molar-refractivity contribution in [3.63, 3.8) is 0 Å². The molecule has 118 valence electrons. The number of hydrogen-bond donors (Lipinski definition) is 2. The van der Waals surface area contributed by atoms with E-state index in [9.17, 15) is 24.5 Å². The average molecular weight is 643 g/mol. The third-order valence-corrected chi connectivity index (χ3v) is 5.53. The molecule has 2 N–H and O–H groups in total. The molecule has 0 aliphatic rings. The average Bonchev–Trinajstić information content (AvgIpc) is 2.39. The SMILES string of the molecule is CC(=O)Nc1c(I)c(NC(C)=O)c(I)c(C(=O)[N+](=O)[O-])c1I. The number of benzene rings is 1. The van der Waals surface area contributed by atoms with E-state index in [2.05, 4.69) is 10.6 Å². The first kappa shape index (κ1) is 19.5. The second-order valence-electron chi connectivity index (χ2n) is 3.99. The topological polar surface area (TPSA) is 118 Å². The third-order valence-electron chi connectivity index (χ3n) is 2.30. The first-order valence-electron chi connectivity index (χ1n) is 5.52. The van der Waals surface area contributed by atoms with Crippen LogP contribution in [0.3, 0.4) is 0 Å². The van der Waals surface area contributed by atoms with Gasteiger partial charge in [0, 0.05) is 13.8 Å². The van der Waals surface area contributed by atoms with E-state index < -0.39 is 22.6 Å². The molecule has 0 spiro atoms. The Labute approximate surface area is 165 Å². The lowest BCUT2D eigenvalue weighted by Gasteiger charge is -2.17. The predicted octanol–water partition coefficient (Wildman–Crippen LogP) is 2.83. The highest BCUT2D eigenvalue weighted by Crippen LogP contribution is 2.39. The lowest BCUT2D eigenvalue weighted by Crippen LogP contribution is -2.21. The van der Waals surface area contributed by atoms with Gasteiger partial charge in [0.1, 0.15) is 10.5 Å². The van der Waals surface area contributed by atoms with Gasteiger partial charge >= 0.3 is 5.91 Å². The molecular weight excluding hydrogens is 635 g/mol. The van der Waals surface area contributed by atoms with E-state index in [0.717, 1.165) is 0 Å². The van der Waals surface area contributed by atoms with Crippen molar-refractivity contribution < 1.29 is 19.3 Å². The van der Waals surface area contributed by atoms with Crippen LogP contribution in [0.25, 0.3) is 0 Å². The van der Waals surface area contributed by atoms with E-state index in [0.29, 0.717) is 3.57 Å². The van der Waals surface area contributed by atoms with Gasteiger partial charge in [0.2, 0.25) is 11.8 Å². The Morgan fingerprint density at radius 1 is 0.909 bits per heavy atom. The fourth-order valence-electron chi connectivity index (χ4n) is 1.51. The van der Waals surface area contributed by atoms with Crippen LogP contribution >= 0.6 is 67.8 Å². The van der Waals surface area contributed by atoms with Crippen LogP contribution in [0.15, 0.2) is 0 Å². The van der Waals surface area contributed by atoms with Crippen LogP contribution in [0.2, 0.25) is 0 Å². The van der Waals surface area contributed by atoms with Crippen molar-refractivity contribution in [2.24, 2.45) is 0 Å².